The SMILES string of the molecule is CCCCCCCCCCCCCCCCCC(=O)OCC(O)CO.[Mg]. The minimum absolute atomic E-state index is 0. The van der Waals surface area contributed by atoms with E-state index in [1.165, 1.54) is 83.5 Å². The van der Waals surface area contributed by atoms with Crippen LogP contribution in [0.4, 0.5) is 0 Å². The second kappa shape index (κ2) is 23.2. The molecule has 0 aromatic rings. The topological polar surface area (TPSA) is 66.8 Å². The van der Waals surface area contributed by atoms with Crippen molar-refractivity contribution in [3.63, 3.8) is 0 Å². The fourth-order valence-electron chi connectivity index (χ4n) is 2.95. The van der Waals surface area contributed by atoms with Crippen LogP contribution in [-0.4, -0.2) is 58.6 Å². The van der Waals surface area contributed by atoms with Crippen molar-refractivity contribution in [1.29, 1.82) is 0 Å². The lowest BCUT2D eigenvalue weighted by Crippen LogP contribution is -2.21. The predicted molar refractivity (Wildman–Crippen MR) is 109 cm³/mol. The Kier molecular flexibility index (Phi) is 25.3. The molecule has 5 heteroatoms. The van der Waals surface area contributed by atoms with Gasteiger partial charge in [-0.2, -0.15) is 0 Å². The Morgan fingerprint density at radius 1 is 0.769 bits per heavy atom. The molecule has 4 nitrogen and oxygen atoms in total. The van der Waals surface area contributed by atoms with Gasteiger partial charge in [0.2, 0.25) is 0 Å². The van der Waals surface area contributed by atoms with Crippen LogP contribution in [0.2, 0.25) is 0 Å². The highest BCUT2D eigenvalue weighted by molar-refractivity contribution is 5.75. The van der Waals surface area contributed by atoms with Gasteiger partial charge in [0.05, 0.1) is 6.61 Å². The summed E-state index contributed by atoms with van der Waals surface area (Å²) in [5.74, 6) is -0.276. The standard InChI is InChI=1S/C21H42O4.Mg/c1-2-3-4-5-6-7-8-9-10-11-12-13-14-15-16-17-21(24)25-19-20(23)18-22;/h20,22-23H,2-19H2,1H3;. The van der Waals surface area contributed by atoms with Gasteiger partial charge in [-0.1, -0.05) is 96.8 Å². The van der Waals surface area contributed by atoms with E-state index in [1.54, 1.807) is 0 Å². The van der Waals surface area contributed by atoms with Gasteiger partial charge >= 0.3 is 5.97 Å². The van der Waals surface area contributed by atoms with E-state index >= 15 is 0 Å². The van der Waals surface area contributed by atoms with E-state index in [0.29, 0.717) is 6.42 Å². The van der Waals surface area contributed by atoms with Crippen LogP contribution in [-0.2, 0) is 9.53 Å². The maximum atomic E-state index is 11.4. The molecule has 0 fully saturated rings. The van der Waals surface area contributed by atoms with Gasteiger partial charge in [-0.05, 0) is 6.42 Å². The van der Waals surface area contributed by atoms with E-state index in [9.17, 15) is 4.79 Å². The van der Waals surface area contributed by atoms with E-state index in [1.807, 2.05) is 0 Å². The molecule has 26 heavy (non-hydrogen) atoms. The average molecular weight is 383 g/mol. The number of carbonyl (C=O) groups excluding carboxylic acids is 1. The number of hydrogen-bond donors (Lipinski definition) is 2. The van der Waals surface area contributed by atoms with Crippen LogP contribution >= 0.6 is 0 Å². The summed E-state index contributed by atoms with van der Waals surface area (Å²) in [6.07, 6.45) is 19.0. The second-order valence-electron chi connectivity index (χ2n) is 7.22. The van der Waals surface area contributed by atoms with Crippen molar-refractivity contribution in [3.05, 3.63) is 0 Å². The zero-order valence-electron chi connectivity index (χ0n) is 17.2. The van der Waals surface area contributed by atoms with Gasteiger partial charge in [0.1, 0.15) is 12.7 Å². The first kappa shape index (κ1) is 28.4. The van der Waals surface area contributed by atoms with Crippen molar-refractivity contribution < 1.29 is 19.7 Å². The van der Waals surface area contributed by atoms with E-state index in [2.05, 4.69) is 6.92 Å². The zero-order chi connectivity index (χ0) is 18.6. The fourth-order valence-corrected chi connectivity index (χ4v) is 2.95. The number of aliphatic hydroxyl groups excluding tert-OH is 2. The van der Waals surface area contributed by atoms with Crippen LogP contribution in [0, 0.1) is 0 Å². The van der Waals surface area contributed by atoms with Crippen molar-refractivity contribution in [2.45, 2.75) is 116 Å². The molecule has 0 aromatic carbocycles. The van der Waals surface area contributed by atoms with Crippen molar-refractivity contribution in [2.24, 2.45) is 0 Å². The number of ether oxygens (including phenoxy) is 1. The molecule has 0 aromatic heterocycles. The predicted octanol–water partition coefficient (Wildman–Crippen LogP) is 4.76. The summed E-state index contributed by atoms with van der Waals surface area (Å²) < 4.78 is 4.86. The molecule has 2 N–H and O–H groups in total. The molecule has 0 bridgehead atoms. The molecule has 0 aliphatic carbocycles. The highest BCUT2D eigenvalue weighted by atomic mass is 24.3. The lowest BCUT2D eigenvalue weighted by atomic mass is 10.0. The van der Waals surface area contributed by atoms with Crippen LogP contribution < -0.4 is 0 Å². The summed E-state index contributed by atoms with van der Waals surface area (Å²) >= 11 is 0. The summed E-state index contributed by atoms with van der Waals surface area (Å²) in [5.41, 5.74) is 0. The largest absolute Gasteiger partial charge is 0.463 e. The summed E-state index contributed by atoms with van der Waals surface area (Å²) in [4.78, 5) is 11.4. The monoisotopic (exact) mass is 382 g/mol. The Bertz CT molecular complexity index is 287. The van der Waals surface area contributed by atoms with Gasteiger partial charge in [0.25, 0.3) is 0 Å². The zero-order valence-corrected chi connectivity index (χ0v) is 18.6. The Morgan fingerprint density at radius 2 is 1.15 bits per heavy atom. The Balaban J connectivity index is 0. The number of hydrogen-bond acceptors (Lipinski definition) is 4. The third-order valence-electron chi connectivity index (χ3n) is 4.63. The van der Waals surface area contributed by atoms with Crippen LogP contribution in [0.1, 0.15) is 110 Å². The summed E-state index contributed by atoms with van der Waals surface area (Å²) in [6.45, 7) is 1.79. The van der Waals surface area contributed by atoms with Crippen molar-refractivity contribution in [1.82, 2.24) is 0 Å². The van der Waals surface area contributed by atoms with E-state index in [4.69, 9.17) is 14.9 Å². The third-order valence-corrected chi connectivity index (χ3v) is 4.63. The molecule has 0 rings (SSSR count). The molecule has 152 valence electrons. The molecule has 2 radical (unpaired) electrons. The Hall–Kier alpha value is 0.156. The highest BCUT2D eigenvalue weighted by Crippen LogP contribution is 2.13. The molecule has 0 amide bonds. The minimum Gasteiger partial charge on any atom is -0.463 e. The average Bonchev–Trinajstić information content (AvgIpc) is 2.62. The fraction of sp³-hybridized carbons (Fsp3) is 0.952. The molecule has 1 unspecified atom stereocenters. The van der Waals surface area contributed by atoms with Crippen LogP contribution in [0.25, 0.3) is 0 Å². The summed E-state index contributed by atoms with van der Waals surface area (Å²) in [5, 5.41) is 17.7. The molecule has 0 spiro atoms. The highest BCUT2D eigenvalue weighted by Gasteiger charge is 2.07. The van der Waals surface area contributed by atoms with Crippen LogP contribution in [0.5, 0.6) is 0 Å². The lowest BCUT2D eigenvalue weighted by Gasteiger charge is -2.08. The number of unbranched alkanes of at least 4 members (excludes halogenated alkanes) is 14. The maximum Gasteiger partial charge on any atom is 0.305 e. The summed E-state index contributed by atoms with van der Waals surface area (Å²) in [7, 11) is 0. The van der Waals surface area contributed by atoms with Gasteiger partial charge in [0, 0.05) is 29.5 Å². The number of carbonyl (C=O) groups is 1. The first-order valence-corrected chi connectivity index (χ1v) is 10.6. The van der Waals surface area contributed by atoms with Gasteiger partial charge in [0.15, 0.2) is 0 Å². The molecular formula is C21H42MgO4. The molecule has 1 atom stereocenters. The maximum absolute atomic E-state index is 11.4. The lowest BCUT2D eigenvalue weighted by molar-refractivity contribution is -0.147. The smallest absolute Gasteiger partial charge is 0.305 e. The van der Waals surface area contributed by atoms with Crippen molar-refractivity contribution in [2.75, 3.05) is 13.2 Å². The molecule has 0 saturated carbocycles. The molecule has 0 saturated heterocycles. The molecule has 0 heterocycles. The molecule has 0 aliphatic rings. The van der Waals surface area contributed by atoms with Gasteiger partial charge < -0.3 is 14.9 Å². The van der Waals surface area contributed by atoms with E-state index in [0.717, 1.165) is 12.8 Å². The number of esters is 1. The molecule has 0 aliphatic heterocycles. The van der Waals surface area contributed by atoms with E-state index < -0.39 is 6.10 Å². The van der Waals surface area contributed by atoms with Crippen LogP contribution in [0.15, 0.2) is 0 Å². The van der Waals surface area contributed by atoms with Crippen molar-refractivity contribution in [3.8, 4) is 0 Å². The Morgan fingerprint density at radius 3 is 1.54 bits per heavy atom. The van der Waals surface area contributed by atoms with Crippen LogP contribution in [0.3, 0.4) is 0 Å². The number of rotatable bonds is 19. The quantitative estimate of drug-likeness (QED) is 0.192. The van der Waals surface area contributed by atoms with Crippen molar-refractivity contribution >= 4 is 29.0 Å². The van der Waals surface area contributed by atoms with Gasteiger partial charge in [-0.25, -0.2) is 0 Å². The number of aliphatic hydroxyl groups is 2. The molecular weight excluding hydrogens is 341 g/mol. The first-order valence-electron chi connectivity index (χ1n) is 10.6. The van der Waals surface area contributed by atoms with Gasteiger partial charge in [-0.3, -0.25) is 4.79 Å². The van der Waals surface area contributed by atoms with Gasteiger partial charge in [-0.15, -0.1) is 0 Å². The summed E-state index contributed by atoms with van der Waals surface area (Å²) in [6, 6.07) is 0. The normalized spacial score (nSPS) is 11.8. The van der Waals surface area contributed by atoms with E-state index in [-0.39, 0.29) is 42.2 Å². The second-order valence-corrected chi connectivity index (χ2v) is 7.22. The minimum atomic E-state index is -0.954. The first-order chi connectivity index (χ1) is 12.2. The Labute approximate surface area is 177 Å². The third kappa shape index (κ3) is 22.2.